The van der Waals surface area contributed by atoms with Crippen LogP contribution >= 0.6 is 0 Å². The van der Waals surface area contributed by atoms with Crippen LogP contribution in [0.15, 0.2) is 0 Å². The number of rotatable bonds is 3. The average Bonchev–Trinajstić information content (AvgIpc) is 2.40. The molecule has 6 nitrogen and oxygen atoms in total. The summed E-state index contributed by atoms with van der Waals surface area (Å²) in [6.07, 6.45) is 1.72. The minimum Gasteiger partial charge on any atom is -0.479 e. The number of carbonyl (C=O) groups excluding carboxylic acids is 1. The molecule has 0 aliphatic carbocycles. The van der Waals surface area contributed by atoms with Gasteiger partial charge in [-0.1, -0.05) is 0 Å². The lowest BCUT2D eigenvalue weighted by molar-refractivity contribution is -0.159. The highest BCUT2D eigenvalue weighted by Gasteiger charge is 2.30. The van der Waals surface area contributed by atoms with Gasteiger partial charge >= 0.3 is 5.97 Å². The van der Waals surface area contributed by atoms with Gasteiger partial charge in [-0.15, -0.1) is 0 Å². The quantitative estimate of drug-likeness (QED) is 0.724. The largest absolute Gasteiger partial charge is 0.479 e. The van der Waals surface area contributed by atoms with Crippen molar-refractivity contribution in [2.75, 3.05) is 32.8 Å². The third-order valence-corrected chi connectivity index (χ3v) is 3.62. The molecule has 0 saturated carbocycles. The monoisotopic (exact) mass is 256 g/mol. The molecule has 2 fully saturated rings. The smallest absolute Gasteiger partial charge is 0.334 e. The standard InChI is InChI=1S/C12H20N2O4/c15-11(7-9-1-3-13-4-2-9)14-5-6-18-10(8-14)12(16)17/h9-10,13H,1-8H2,(H,16,17). The third-order valence-electron chi connectivity index (χ3n) is 3.62. The van der Waals surface area contributed by atoms with E-state index >= 15 is 0 Å². The van der Waals surface area contributed by atoms with Gasteiger partial charge in [0.05, 0.1) is 13.2 Å². The molecule has 1 unspecified atom stereocenters. The van der Waals surface area contributed by atoms with E-state index in [-0.39, 0.29) is 12.5 Å². The van der Waals surface area contributed by atoms with Crippen LogP contribution in [0.4, 0.5) is 0 Å². The topological polar surface area (TPSA) is 78.9 Å². The number of carboxylic acid groups (broad SMARTS) is 1. The molecular formula is C12H20N2O4. The number of hydrogen-bond acceptors (Lipinski definition) is 4. The number of nitrogens with one attached hydrogen (secondary N) is 1. The van der Waals surface area contributed by atoms with Crippen LogP contribution in [0.3, 0.4) is 0 Å². The average molecular weight is 256 g/mol. The van der Waals surface area contributed by atoms with Crippen LogP contribution in [-0.2, 0) is 14.3 Å². The number of aliphatic carboxylic acids is 1. The van der Waals surface area contributed by atoms with Crippen LogP contribution in [0, 0.1) is 5.92 Å². The number of carbonyl (C=O) groups is 2. The third kappa shape index (κ3) is 3.43. The van der Waals surface area contributed by atoms with Crippen molar-refractivity contribution in [1.29, 1.82) is 0 Å². The number of carboxylic acids is 1. The van der Waals surface area contributed by atoms with Crippen molar-refractivity contribution in [3.63, 3.8) is 0 Å². The number of nitrogens with zero attached hydrogens (tertiary/aromatic N) is 1. The summed E-state index contributed by atoms with van der Waals surface area (Å²) >= 11 is 0. The van der Waals surface area contributed by atoms with E-state index in [1.807, 2.05) is 0 Å². The molecule has 1 amide bonds. The molecule has 0 bridgehead atoms. The summed E-state index contributed by atoms with van der Waals surface area (Å²) < 4.78 is 5.11. The number of piperidine rings is 1. The van der Waals surface area contributed by atoms with Crippen molar-refractivity contribution in [2.45, 2.75) is 25.4 Å². The van der Waals surface area contributed by atoms with E-state index in [2.05, 4.69) is 5.32 Å². The normalized spacial score (nSPS) is 26.0. The molecule has 0 radical (unpaired) electrons. The van der Waals surface area contributed by atoms with Gasteiger partial charge in [0.25, 0.3) is 0 Å². The Bertz CT molecular complexity index is 315. The Labute approximate surface area is 106 Å². The zero-order chi connectivity index (χ0) is 13.0. The summed E-state index contributed by atoms with van der Waals surface area (Å²) in [5.41, 5.74) is 0. The van der Waals surface area contributed by atoms with Crippen LogP contribution < -0.4 is 5.32 Å². The first-order valence-corrected chi connectivity index (χ1v) is 6.49. The summed E-state index contributed by atoms with van der Waals surface area (Å²) in [6, 6.07) is 0. The summed E-state index contributed by atoms with van der Waals surface area (Å²) in [5.74, 6) is -0.490. The highest BCUT2D eigenvalue weighted by Crippen LogP contribution is 2.18. The molecule has 18 heavy (non-hydrogen) atoms. The van der Waals surface area contributed by atoms with Crippen LogP contribution in [-0.4, -0.2) is 60.8 Å². The number of morpholine rings is 1. The molecule has 0 aromatic rings. The van der Waals surface area contributed by atoms with Gasteiger partial charge in [0.15, 0.2) is 6.10 Å². The fraction of sp³-hybridized carbons (Fsp3) is 0.833. The van der Waals surface area contributed by atoms with E-state index in [4.69, 9.17) is 9.84 Å². The van der Waals surface area contributed by atoms with E-state index in [1.165, 1.54) is 0 Å². The van der Waals surface area contributed by atoms with Gasteiger partial charge in [0, 0.05) is 13.0 Å². The Hall–Kier alpha value is -1.14. The molecule has 0 spiro atoms. The minimum absolute atomic E-state index is 0.0662. The van der Waals surface area contributed by atoms with Crippen molar-refractivity contribution >= 4 is 11.9 Å². The van der Waals surface area contributed by atoms with Gasteiger partial charge < -0.3 is 20.1 Å². The Kier molecular flexibility index (Phi) is 4.54. The Morgan fingerprint density at radius 3 is 2.72 bits per heavy atom. The maximum atomic E-state index is 12.1. The lowest BCUT2D eigenvalue weighted by atomic mass is 9.94. The zero-order valence-corrected chi connectivity index (χ0v) is 10.4. The molecule has 0 aromatic carbocycles. The second-order valence-corrected chi connectivity index (χ2v) is 4.93. The SMILES string of the molecule is O=C(O)C1CN(C(=O)CC2CCNCC2)CCO1. The maximum absolute atomic E-state index is 12.1. The molecule has 2 aliphatic heterocycles. The van der Waals surface area contributed by atoms with Gasteiger partial charge in [0.1, 0.15) is 0 Å². The molecule has 2 N–H and O–H groups in total. The number of amides is 1. The maximum Gasteiger partial charge on any atom is 0.334 e. The van der Waals surface area contributed by atoms with Crippen LogP contribution in [0.1, 0.15) is 19.3 Å². The zero-order valence-electron chi connectivity index (χ0n) is 10.4. The summed E-state index contributed by atoms with van der Waals surface area (Å²) in [7, 11) is 0. The molecule has 2 heterocycles. The van der Waals surface area contributed by atoms with Gasteiger partial charge in [-0.3, -0.25) is 4.79 Å². The summed E-state index contributed by atoms with van der Waals surface area (Å²) in [6.45, 7) is 2.94. The molecule has 1 atom stereocenters. The van der Waals surface area contributed by atoms with Crippen LogP contribution in [0.25, 0.3) is 0 Å². The van der Waals surface area contributed by atoms with E-state index in [9.17, 15) is 9.59 Å². The van der Waals surface area contributed by atoms with Gasteiger partial charge in [-0.05, 0) is 31.8 Å². The van der Waals surface area contributed by atoms with Crippen molar-refractivity contribution < 1.29 is 19.4 Å². The van der Waals surface area contributed by atoms with Crippen molar-refractivity contribution in [2.24, 2.45) is 5.92 Å². The first-order chi connectivity index (χ1) is 8.66. The number of ether oxygens (including phenoxy) is 1. The van der Waals surface area contributed by atoms with E-state index in [0.29, 0.717) is 25.5 Å². The number of hydrogen-bond donors (Lipinski definition) is 2. The summed E-state index contributed by atoms with van der Waals surface area (Å²) in [5, 5.41) is 12.2. The second-order valence-electron chi connectivity index (χ2n) is 4.93. The van der Waals surface area contributed by atoms with E-state index < -0.39 is 12.1 Å². The fourth-order valence-electron chi connectivity index (χ4n) is 2.49. The second kappa shape index (κ2) is 6.15. The lowest BCUT2D eigenvalue weighted by Gasteiger charge is -2.32. The first kappa shape index (κ1) is 13.3. The van der Waals surface area contributed by atoms with E-state index in [1.54, 1.807) is 4.90 Å². The highest BCUT2D eigenvalue weighted by atomic mass is 16.5. The van der Waals surface area contributed by atoms with Crippen molar-refractivity contribution in [1.82, 2.24) is 10.2 Å². The van der Waals surface area contributed by atoms with Crippen molar-refractivity contribution in [3.8, 4) is 0 Å². The lowest BCUT2D eigenvalue weighted by Crippen LogP contribution is -2.49. The first-order valence-electron chi connectivity index (χ1n) is 6.49. The molecule has 102 valence electrons. The molecule has 2 aliphatic rings. The highest BCUT2D eigenvalue weighted by molar-refractivity contribution is 5.78. The molecule has 2 saturated heterocycles. The van der Waals surface area contributed by atoms with Crippen molar-refractivity contribution in [3.05, 3.63) is 0 Å². The van der Waals surface area contributed by atoms with Crippen LogP contribution in [0.5, 0.6) is 0 Å². The predicted molar refractivity (Wildman–Crippen MR) is 64.2 cm³/mol. The predicted octanol–water partition coefficient (Wildman–Crippen LogP) is -0.312. The molecular weight excluding hydrogens is 236 g/mol. The van der Waals surface area contributed by atoms with Gasteiger partial charge in [-0.25, -0.2) is 4.79 Å². The summed E-state index contributed by atoms with van der Waals surface area (Å²) in [4.78, 5) is 24.6. The Morgan fingerprint density at radius 1 is 1.33 bits per heavy atom. The van der Waals surface area contributed by atoms with Gasteiger partial charge in [-0.2, -0.15) is 0 Å². The molecule has 0 aromatic heterocycles. The van der Waals surface area contributed by atoms with Crippen LogP contribution in [0.2, 0.25) is 0 Å². The molecule has 6 heteroatoms. The Balaban J connectivity index is 1.82. The minimum atomic E-state index is -0.991. The molecule has 2 rings (SSSR count). The fourth-order valence-corrected chi connectivity index (χ4v) is 2.49. The van der Waals surface area contributed by atoms with Gasteiger partial charge in [0.2, 0.25) is 5.91 Å². The Morgan fingerprint density at radius 2 is 2.06 bits per heavy atom. The van der Waals surface area contributed by atoms with E-state index in [0.717, 1.165) is 25.9 Å².